The molecule has 0 unspecified atom stereocenters. The molecule has 6 nitrogen and oxygen atoms in total. The lowest BCUT2D eigenvalue weighted by Crippen LogP contribution is -2.36. The van der Waals surface area contributed by atoms with Crippen LogP contribution in [0, 0.1) is 0 Å². The Labute approximate surface area is 167 Å². The molecule has 0 saturated heterocycles. The predicted octanol–water partition coefficient (Wildman–Crippen LogP) is 3.35. The van der Waals surface area contributed by atoms with Crippen molar-refractivity contribution in [1.29, 1.82) is 0 Å². The molecule has 1 N–H and O–H groups in total. The Morgan fingerprint density at radius 1 is 0.897 bits per heavy atom. The summed E-state index contributed by atoms with van der Waals surface area (Å²) < 4.78 is 9.04. The van der Waals surface area contributed by atoms with Crippen molar-refractivity contribution in [2.75, 3.05) is 0 Å². The van der Waals surface area contributed by atoms with E-state index in [1.807, 2.05) is 72.8 Å². The molecule has 0 spiro atoms. The zero-order valence-corrected chi connectivity index (χ0v) is 15.8. The van der Waals surface area contributed by atoms with Gasteiger partial charge in [0.2, 0.25) is 5.91 Å². The van der Waals surface area contributed by atoms with Gasteiger partial charge in [-0.25, -0.2) is 4.79 Å². The van der Waals surface area contributed by atoms with Crippen LogP contribution in [0.4, 0.5) is 0 Å². The number of imidazole rings is 1. The molecule has 0 bridgehead atoms. The van der Waals surface area contributed by atoms with Crippen molar-refractivity contribution >= 4 is 16.9 Å². The maximum absolute atomic E-state index is 13.0. The second kappa shape index (κ2) is 6.67. The lowest BCUT2D eigenvalue weighted by molar-refractivity contribution is -0.122. The molecule has 1 aliphatic rings. The zero-order chi connectivity index (χ0) is 20.0. The van der Waals surface area contributed by atoms with Gasteiger partial charge in [0.15, 0.2) is 0 Å². The van der Waals surface area contributed by atoms with E-state index in [2.05, 4.69) is 5.32 Å². The molecule has 0 atom stereocenters. The highest BCUT2D eigenvalue weighted by atomic mass is 16.5. The van der Waals surface area contributed by atoms with E-state index >= 15 is 0 Å². The number of hydrogen-bond donors (Lipinski definition) is 1. The molecule has 0 aliphatic carbocycles. The Kier molecular flexibility index (Phi) is 3.98. The van der Waals surface area contributed by atoms with Gasteiger partial charge in [-0.15, -0.1) is 0 Å². The number of aryl methyl sites for hydroxylation is 1. The van der Waals surface area contributed by atoms with Crippen molar-refractivity contribution < 1.29 is 9.53 Å². The van der Waals surface area contributed by atoms with Crippen LogP contribution >= 0.6 is 0 Å². The first-order valence-corrected chi connectivity index (χ1v) is 9.43. The largest absolute Gasteiger partial charge is 0.457 e. The summed E-state index contributed by atoms with van der Waals surface area (Å²) in [6, 6.07) is 22.4. The van der Waals surface area contributed by atoms with Gasteiger partial charge < -0.3 is 10.1 Å². The maximum Gasteiger partial charge on any atom is 0.329 e. The van der Waals surface area contributed by atoms with E-state index in [0.717, 1.165) is 33.7 Å². The minimum Gasteiger partial charge on any atom is -0.457 e. The molecule has 0 fully saturated rings. The number of nitrogens with one attached hydrogen (secondary N) is 1. The summed E-state index contributed by atoms with van der Waals surface area (Å²) in [7, 11) is 1.71. The van der Waals surface area contributed by atoms with Crippen molar-refractivity contribution in [3.63, 3.8) is 0 Å². The van der Waals surface area contributed by atoms with Gasteiger partial charge in [-0.05, 0) is 24.3 Å². The van der Waals surface area contributed by atoms with E-state index in [1.54, 1.807) is 11.6 Å². The third-order valence-corrected chi connectivity index (χ3v) is 5.34. The van der Waals surface area contributed by atoms with Gasteiger partial charge in [-0.3, -0.25) is 13.9 Å². The monoisotopic (exact) mass is 385 g/mol. The Morgan fingerprint density at radius 3 is 2.10 bits per heavy atom. The van der Waals surface area contributed by atoms with Crippen LogP contribution in [0.2, 0.25) is 0 Å². The molecule has 6 heteroatoms. The molecule has 1 aromatic heterocycles. The lowest BCUT2D eigenvalue weighted by atomic mass is 9.94. The summed E-state index contributed by atoms with van der Waals surface area (Å²) >= 11 is 0. The lowest BCUT2D eigenvalue weighted by Gasteiger charge is -2.28. The van der Waals surface area contributed by atoms with Crippen LogP contribution in [-0.4, -0.2) is 15.0 Å². The van der Waals surface area contributed by atoms with Crippen molar-refractivity contribution in [1.82, 2.24) is 14.5 Å². The van der Waals surface area contributed by atoms with Gasteiger partial charge in [0, 0.05) is 18.2 Å². The molecular formula is C23H19N3O3. The number of para-hydroxylation sites is 4. The highest BCUT2D eigenvalue weighted by molar-refractivity contribution is 5.81. The molecule has 1 aliphatic heterocycles. The number of aromatic nitrogens is 2. The number of amides is 1. The van der Waals surface area contributed by atoms with E-state index in [1.165, 1.54) is 4.57 Å². The molecule has 4 aromatic rings. The number of carbonyl (C=O) groups is 1. The number of ether oxygens (including phenoxy) is 1. The summed E-state index contributed by atoms with van der Waals surface area (Å²) in [5.41, 5.74) is 3.11. The number of carbonyl (C=O) groups excluding carboxylic acids is 1. The van der Waals surface area contributed by atoms with Crippen molar-refractivity contribution in [2.45, 2.75) is 12.6 Å². The normalized spacial score (nSPS) is 12.9. The Morgan fingerprint density at radius 2 is 1.45 bits per heavy atom. The fourth-order valence-electron chi connectivity index (χ4n) is 3.93. The number of hydrogen-bond acceptors (Lipinski definition) is 3. The average molecular weight is 385 g/mol. The molecule has 5 rings (SSSR count). The third kappa shape index (κ3) is 2.81. The molecular weight excluding hydrogens is 366 g/mol. The van der Waals surface area contributed by atoms with Crippen LogP contribution in [0.15, 0.2) is 77.6 Å². The topological polar surface area (TPSA) is 65.3 Å². The van der Waals surface area contributed by atoms with E-state index in [0.29, 0.717) is 0 Å². The van der Waals surface area contributed by atoms with Gasteiger partial charge in [-0.2, -0.15) is 0 Å². The molecule has 0 saturated carbocycles. The van der Waals surface area contributed by atoms with Crippen LogP contribution in [0.25, 0.3) is 11.0 Å². The summed E-state index contributed by atoms with van der Waals surface area (Å²) in [5.74, 6) is 1.21. The fourth-order valence-corrected chi connectivity index (χ4v) is 3.93. The van der Waals surface area contributed by atoms with Crippen LogP contribution in [-0.2, 0) is 18.4 Å². The maximum atomic E-state index is 13.0. The summed E-state index contributed by atoms with van der Waals surface area (Å²) in [4.78, 5) is 25.6. The highest BCUT2D eigenvalue weighted by Gasteiger charge is 2.28. The number of benzene rings is 3. The number of nitrogens with zero attached hydrogens (tertiary/aromatic N) is 2. The van der Waals surface area contributed by atoms with Gasteiger partial charge in [0.1, 0.15) is 18.0 Å². The van der Waals surface area contributed by atoms with Crippen molar-refractivity contribution in [3.05, 3.63) is 94.4 Å². The molecule has 0 radical (unpaired) electrons. The Balaban J connectivity index is 1.50. The van der Waals surface area contributed by atoms with Gasteiger partial charge in [0.25, 0.3) is 0 Å². The third-order valence-electron chi connectivity index (χ3n) is 5.34. The zero-order valence-electron chi connectivity index (χ0n) is 15.8. The highest BCUT2D eigenvalue weighted by Crippen LogP contribution is 2.42. The van der Waals surface area contributed by atoms with Crippen LogP contribution < -0.4 is 15.7 Å². The van der Waals surface area contributed by atoms with Crippen molar-refractivity contribution in [3.8, 4) is 11.5 Å². The molecule has 29 heavy (non-hydrogen) atoms. The van der Waals surface area contributed by atoms with Crippen molar-refractivity contribution in [2.24, 2.45) is 7.05 Å². The quantitative estimate of drug-likeness (QED) is 0.588. The van der Waals surface area contributed by atoms with Crippen LogP contribution in [0.5, 0.6) is 11.5 Å². The minimum absolute atomic E-state index is 0.0537. The molecule has 3 aromatic carbocycles. The Bertz CT molecular complexity index is 1260. The van der Waals surface area contributed by atoms with Crippen LogP contribution in [0.1, 0.15) is 17.2 Å². The second-order valence-electron chi connectivity index (χ2n) is 7.09. The molecule has 2 heterocycles. The first kappa shape index (κ1) is 17.3. The minimum atomic E-state index is -0.339. The molecule has 1 amide bonds. The standard InChI is InChI=1S/C23H19N3O3/c1-25-17-10-4-5-11-18(17)26(23(25)28)14-21(27)24-22-15-8-2-6-12-19(15)29-20-13-7-3-9-16(20)22/h2-13,22H,14H2,1H3,(H,24,27). The Hall–Kier alpha value is -3.80. The van der Waals surface area contributed by atoms with E-state index in [9.17, 15) is 9.59 Å². The first-order chi connectivity index (χ1) is 14.1. The summed E-state index contributed by atoms with van der Waals surface area (Å²) in [6.07, 6.45) is 0. The SMILES string of the molecule is Cn1c(=O)n(CC(=O)NC2c3ccccc3Oc3ccccc32)c2ccccc21. The smallest absolute Gasteiger partial charge is 0.329 e. The van der Waals surface area contributed by atoms with Gasteiger partial charge >= 0.3 is 5.69 Å². The number of rotatable bonds is 3. The first-order valence-electron chi connectivity index (χ1n) is 9.43. The molecule has 144 valence electrons. The van der Waals surface area contributed by atoms with Gasteiger partial charge in [0.05, 0.1) is 17.1 Å². The second-order valence-corrected chi connectivity index (χ2v) is 7.09. The fraction of sp³-hybridized carbons (Fsp3) is 0.130. The number of fused-ring (bicyclic) bond motifs is 3. The summed E-state index contributed by atoms with van der Waals surface area (Å²) in [5, 5.41) is 3.09. The van der Waals surface area contributed by atoms with Gasteiger partial charge in [-0.1, -0.05) is 48.5 Å². The average Bonchev–Trinajstić information content (AvgIpc) is 2.99. The van der Waals surface area contributed by atoms with Crippen LogP contribution in [0.3, 0.4) is 0 Å². The summed E-state index contributed by atoms with van der Waals surface area (Å²) in [6.45, 7) is -0.0537. The van der Waals surface area contributed by atoms with E-state index in [4.69, 9.17) is 4.74 Å². The van der Waals surface area contributed by atoms with E-state index in [-0.39, 0.29) is 24.2 Å². The van der Waals surface area contributed by atoms with E-state index < -0.39 is 0 Å². The predicted molar refractivity (Wildman–Crippen MR) is 110 cm³/mol.